The molecule has 2 fully saturated rings. The van der Waals surface area contributed by atoms with E-state index in [1.54, 1.807) is 25.3 Å². The zero-order chi connectivity index (χ0) is 25.7. The van der Waals surface area contributed by atoms with Crippen molar-refractivity contribution in [2.45, 2.75) is 45.3 Å². The number of fused-ring (bicyclic) bond motifs is 2. The minimum absolute atomic E-state index is 0.0832. The number of aliphatic hydroxyl groups is 1. The quantitative estimate of drug-likeness (QED) is 0.279. The van der Waals surface area contributed by atoms with E-state index in [9.17, 15) is 14.5 Å². The molecule has 0 amide bonds. The number of esters is 1. The van der Waals surface area contributed by atoms with Gasteiger partial charge in [0.1, 0.15) is 36.4 Å². The first-order chi connectivity index (χ1) is 17.1. The van der Waals surface area contributed by atoms with Gasteiger partial charge in [0.15, 0.2) is 23.2 Å². The molecule has 0 bridgehead atoms. The Balaban J connectivity index is 1.41. The molecule has 0 aliphatic carbocycles. The maximum atomic E-state index is 13.2. The summed E-state index contributed by atoms with van der Waals surface area (Å²) < 4.78 is 37.3. The topological polar surface area (TPSA) is 161 Å². The first kappa shape index (κ1) is 25.1. The van der Waals surface area contributed by atoms with Crippen molar-refractivity contribution in [1.82, 2.24) is 19.5 Å². The molecule has 2 saturated heterocycles. The summed E-state index contributed by atoms with van der Waals surface area (Å²) in [6.45, 7) is 1.34. The highest BCUT2D eigenvalue weighted by Crippen LogP contribution is 2.65. The van der Waals surface area contributed by atoms with E-state index >= 15 is 0 Å². The van der Waals surface area contributed by atoms with Gasteiger partial charge in [0.25, 0.3) is 0 Å². The molecule has 1 aromatic carbocycles. The van der Waals surface area contributed by atoms with Crippen molar-refractivity contribution in [1.29, 1.82) is 0 Å². The number of nitrogens with two attached hydrogens (primary N) is 1. The number of ether oxygens (including phenoxy) is 2. The summed E-state index contributed by atoms with van der Waals surface area (Å²) in [5.41, 5.74) is 6.83. The van der Waals surface area contributed by atoms with Gasteiger partial charge in [-0.15, -0.1) is 0 Å². The molecule has 36 heavy (non-hydrogen) atoms. The summed E-state index contributed by atoms with van der Waals surface area (Å²) in [6, 6.07) is 9.31. The molecule has 0 saturated carbocycles. The number of carbonyl (C=O) groups is 1. The molecule has 2 aliphatic heterocycles. The molecule has 12 nitrogen and oxygen atoms in total. The Kier molecular flexibility index (Phi) is 6.56. The Labute approximate surface area is 210 Å². The van der Waals surface area contributed by atoms with Gasteiger partial charge in [0.2, 0.25) is 0 Å². The highest BCUT2D eigenvalue weighted by Gasteiger charge is 2.53. The van der Waals surface area contributed by atoms with Crippen molar-refractivity contribution < 1.29 is 33.0 Å². The van der Waals surface area contributed by atoms with Crippen LogP contribution in [0.1, 0.15) is 27.0 Å². The van der Waals surface area contributed by atoms with E-state index in [4.69, 9.17) is 24.3 Å². The number of rotatable bonds is 5. The Bertz CT molecular complexity index is 1330. The van der Waals surface area contributed by atoms with E-state index in [0.29, 0.717) is 17.0 Å². The predicted molar refractivity (Wildman–Crippen MR) is 132 cm³/mol. The SMILES string of the molecule is CC(C)(C)C(=O)OCSP1(=O)OCC2OC(n3c(-c4ccccc4)nc4c(N)ncnc43)C(O)C2O1. The lowest BCUT2D eigenvalue weighted by Gasteiger charge is -2.31. The summed E-state index contributed by atoms with van der Waals surface area (Å²) in [6.07, 6.45) is -2.57. The van der Waals surface area contributed by atoms with E-state index < -0.39 is 42.7 Å². The number of carbonyl (C=O) groups excluding carboxylic acids is 1. The molecule has 5 atom stereocenters. The van der Waals surface area contributed by atoms with Crippen LogP contribution in [0.5, 0.6) is 0 Å². The molecule has 14 heteroatoms. The van der Waals surface area contributed by atoms with Gasteiger partial charge in [-0.1, -0.05) is 30.3 Å². The summed E-state index contributed by atoms with van der Waals surface area (Å²) in [7, 11) is 0. The zero-order valence-corrected chi connectivity index (χ0v) is 21.5. The molecule has 3 aromatic rings. The molecule has 0 radical (unpaired) electrons. The van der Waals surface area contributed by atoms with E-state index in [-0.39, 0.29) is 18.4 Å². The number of hydrogen-bond donors (Lipinski definition) is 2. The molecule has 2 aliphatic rings. The van der Waals surface area contributed by atoms with Crippen LogP contribution in [0.3, 0.4) is 0 Å². The lowest BCUT2D eigenvalue weighted by molar-refractivity contribution is -0.150. The van der Waals surface area contributed by atoms with Crippen LogP contribution in [0, 0.1) is 5.41 Å². The van der Waals surface area contributed by atoms with Crippen LogP contribution >= 0.6 is 18.2 Å². The summed E-state index contributed by atoms with van der Waals surface area (Å²) in [4.78, 5) is 25.0. The minimum atomic E-state index is -3.73. The fourth-order valence-electron chi connectivity index (χ4n) is 3.93. The van der Waals surface area contributed by atoms with Crippen molar-refractivity contribution in [3.63, 3.8) is 0 Å². The van der Waals surface area contributed by atoms with Gasteiger partial charge in [0.05, 0.1) is 12.0 Å². The third-order valence-electron chi connectivity index (χ3n) is 5.76. The number of imidazole rings is 1. The van der Waals surface area contributed by atoms with E-state index in [1.807, 2.05) is 30.3 Å². The second-order valence-electron chi connectivity index (χ2n) is 9.40. The van der Waals surface area contributed by atoms with Gasteiger partial charge in [-0.05, 0) is 20.8 Å². The third-order valence-corrected chi connectivity index (χ3v) is 9.11. The molecule has 2 aromatic heterocycles. The summed E-state index contributed by atoms with van der Waals surface area (Å²) in [5.74, 6) is -0.00674. The van der Waals surface area contributed by atoms with Gasteiger partial charge < -0.3 is 20.3 Å². The maximum absolute atomic E-state index is 13.2. The monoisotopic (exact) mass is 535 g/mol. The number of nitrogens with zero attached hydrogens (tertiary/aromatic N) is 4. The van der Waals surface area contributed by atoms with Crippen molar-refractivity contribution in [3.8, 4) is 11.4 Å². The zero-order valence-electron chi connectivity index (χ0n) is 19.8. The Hall–Kier alpha value is -2.54. The van der Waals surface area contributed by atoms with Gasteiger partial charge in [-0.3, -0.25) is 18.4 Å². The van der Waals surface area contributed by atoms with E-state index in [0.717, 1.165) is 16.9 Å². The normalized spacial score (nSPS) is 28.2. The van der Waals surface area contributed by atoms with Crippen LogP contribution in [0.4, 0.5) is 5.82 Å². The smallest absolute Gasteiger partial charge is 0.392 e. The van der Waals surface area contributed by atoms with Gasteiger partial charge in [-0.2, -0.15) is 0 Å². The number of anilines is 1. The number of benzene rings is 1. The first-order valence-corrected chi connectivity index (χ1v) is 14.3. The summed E-state index contributed by atoms with van der Waals surface area (Å²) >= 11 is 0.743. The highest BCUT2D eigenvalue weighted by atomic mass is 32.7. The summed E-state index contributed by atoms with van der Waals surface area (Å²) in [5, 5.41) is 11.3. The van der Waals surface area contributed by atoms with Gasteiger partial charge >= 0.3 is 12.8 Å². The van der Waals surface area contributed by atoms with E-state index in [1.165, 1.54) is 6.33 Å². The van der Waals surface area contributed by atoms with Crippen molar-refractivity contribution in [2.24, 2.45) is 5.41 Å². The fraction of sp³-hybridized carbons (Fsp3) is 0.455. The largest absolute Gasteiger partial charge is 0.454 e. The van der Waals surface area contributed by atoms with Crippen LogP contribution in [-0.2, 0) is 27.9 Å². The minimum Gasteiger partial charge on any atom is -0.454 e. The van der Waals surface area contributed by atoms with Crippen LogP contribution < -0.4 is 5.73 Å². The molecular weight excluding hydrogens is 509 g/mol. The first-order valence-electron chi connectivity index (χ1n) is 11.2. The molecule has 0 spiro atoms. The average molecular weight is 536 g/mol. The lowest BCUT2D eigenvalue weighted by Crippen LogP contribution is -2.39. The highest BCUT2D eigenvalue weighted by molar-refractivity contribution is 8.55. The van der Waals surface area contributed by atoms with Crippen molar-refractivity contribution in [3.05, 3.63) is 36.7 Å². The Morgan fingerprint density at radius 1 is 1.31 bits per heavy atom. The van der Waals surface area contributed by atoms with Gasteiger partial charge in [0, 0.05) is 16.9 Å². The van der Waals surface area contributed by atoms with Crippen LogP contribution in [0.2, 0.25) is 0 Å². The number of aliphatic hydroxyl groups excluding tert-OH is 1. The van der Waals surface area contributed by atoms with Gasteiger partial charge in [-0.25, -0.2) is 19.5 Å². The predicted octanol–water partition coefficient (Wildman–Crippen LogP) is 3.14. The molecule has 4 heterocycles. The van der Waals surface area contributed by atoms with Crippen molar-refractivity contribution >= 4 is 41.1 Å². The van der Waals surface area contributed by atoms with Crippen LogP contribution in [0.25, 0.3) is 22.6 Å². The lowest BCUT2D eigenvalue weighted by atomic mass is 9.98. The second kappa shape index (κ2) is 9.40. The average Bonchev–Trinajstić information content (AvgIpc) is 3.37. The molecule has 5 rings (SSSR count). The van der Waals surface area contributed by atoms with Crippen molar-refractivity contribution in [2.75, 3.05) is 18.3 Å². The molecule has 5 unspecified atom stereocenters. The Morgan fingerprint density at radius 3 is 2.78 bits per heavy atom. The number of nitrogen functional groups attached to an aromatic ring is 1. The number of hydrogen-bond acceptors (Lipinski definition) is 12. The second-order valence-corrected chi connectivity index (χ2v) is 13.4. The molecular formula is C22H26N5O7PS. The molecule has 192 valence electrons. The Morgan fingerprint density at radius 2 is 2.06 bits per heavy atom. The third kappa shape index (κ3) is 4.62. The van der Waals surface area contributed by atoms with Crippen LogP contribution in [0.15, 0.2) is 36.7 Å². The standard InChI is InChI=1S/C22H26N5O7PS/c1-22(2,3)21(29)31-11-36-35(30)32-9-13-16(34-35)15(28)20(33-13)27-18(12-7-5-4-6-8-12)26-14-17(23)24-10-25-19(14)27/h4-8,10,13,15-16,20,28H,9,11H2,1-3H3,(H2,23,24,25). The maximum Gasteiger partial charge on any atom is 0.392 e. The molecule has 3 N–H and O–H groups in total. The number of aromatic nitrogens is 4. The fourth-order valence-corrected chi connectivity index (χ4v) is 6.73. The van der Waals surface area contributed by atoms with E-state index in [2.05, 4.69) is 15.0 Å². The van der Waals surface area contributed by atoms with Crippen LogP contribution in [-0.4, -0.2) is 61.5 Å².